The normalized spacial score (nSPS) is 16.9. The Bertz CT molecular complexity index is 1290. The Hall–Kier alpha value is -2.66. The minimum Gasteiger partial charge on any atom is -0.383 e. The summed E-state index contributed by atoms with van der Waals surface area (Å²) in [6.45, 7) is 0.359. The number of nitrogens with one attached hydrogen (secondary N) is 1. The molecule has 3 aromatic rings. The lowest BCUT2D eigenvalue weighted by Gasteiger charge is -2.18. The summed E-state index contributed by atoms with van der Waals surface area (Å²) in [6, 6.07) is 5.50. The number of nitrogens with two attached hydrogens (primary N) is 1. The van der Waals surface area contributed by atoms with Gasteiger partial charge in [-0.2, -0.15) is 9.40 Å². The van der Waals surface area contributed by atoms with Gasteiger partial charge in [0.15, 0.2) is 0 Å². The van der Waals surface area contributed by atoms with Crippen LogP contribution in [0.3, 0.4) is 0 Å². The van der Waals surface area contributed by atoms with Crippen LogP contribution in [0.15, 0.2) is 47.8 Å². The van der Waals surface area contributed by atoms with E-state index in [1.165, 1.54) is 22.5 Å². The molecule has 12 heteroatoms. The first-order valence-corrected chi connectivity index (χ1v) is 11.9. The monoisotopic (exact) mass is 494 g/mol. The number of amides is 1. The number of carbonyl (C=O) groups is 1. The lowest BCUT2D eigenvalue weighted by atomic mass is 10.1. The highest BCUT2D eigenvalue weighted by atomic mass is 35.5. The second-order valence-electron chi connectivity index (χ2n) is 7.46. The molecule has 9 nitrogen and oxygen atoms in total. The van der Waals surface area contributed by atoms with Gasteiger partial charge in [0.2, 0.25) is 10.0 Å². The van der Waals surface area contributed by atoms with E-state index in [1.54, 1.807) is 36.4 Å². The number of anilines is 1. The lowest BCUT2D eigenvalue weighted by molar-refractivity contribution is 0.0939. The Kier molecular flexibility index (Phi) is 6.13. The van der Waals surface area contributed by atoms with Crippen molar-refractivity contribution in [2.24, 2.45) is 7.05 Å². The summed E-state index contributed by atoms with van der Waals surface area (Å²) >= 11 is 12.0. The van der Waals surface area contributed by atoms with Gasteiger partial charge in [-0.05, 0) is 30.7 Å². The molecular weight excluding hydrogens is 475 g/mol. The number of pyridine rings is 1. The predicted molar refractivity (Wildman–Crippen MR) is 122 cm³/mol. The quantitative estimate of drug-likeness (QED) is 0.561. The topological polar surface area (TPSA) is 123 Å². The molecule has 2 aromatic heterocycles. The predicted octanol–water partition coefficient (Wildman–Crippen LogP) is 2.56. The van der Waals surface area contributed by atoms with E-state index in [2.05, 4.69) is 15.4 Å². The van der Waals surface area contributed by atoms with E-state index in [1.807, 2.05) is 0 Å². The number of benzene rings is 1. The van der Waals surface area contributed by atoms with Crippen molar-refractivity contribution in [1.29, 1.82) is 0 Å². The van der Waals surface area contributed by atoms with Gasteiger partial charge in [0.25, 0.3) is 5.91 Å². The first-order valence-electron chi connectivity index (χ1n) is 9.66. The fraction of sp³-hybridized carbons (Fsp3) is 0.250. The van der Waals surface area contributed by atoms with Crippen molar-refractivity contribution < 1.29 is 13.2 Å². The summed E-state index contributed by atoms with van der Waals surface area (Å²) in [7, 11) is -2.03. The van der Waals surface area contributed by atoms with Gasteiger partial charge in [0.1, 0.15) is 10.7 Å². The fourth-order valence-corrected chi connectivity index (χ4v) is 5.78. The molecule has 0 spiro atoms. The second kappa shape index (κ2) is 8.70. The van der Waals surface area contributed by atoms with Crippen LogP contribution in [0.4, 0.5) is 5.82 Å². The zero-order valence-corrected chi connectivity index (χ0v) is 19.3. The molecule has 3 heterocycles. The number of hydrogen-bond donors (Lipinski definition) is 2. The summed E-state index contributed by atoms with van der Waals surface area (Å²) in [5.41, 5.74) is 7.64. The average Bonchev–Trinajstić information content (AvgIpc) is 3.37. The van der Waals surface area contributed by atoms with E-state index in [-0.39, 0.29) is 40.4 Å². The van der Waals surface area contributed by atoms with Crippen LogP contribution in [0.25, 0.3) is 11.1 Å². The Morgan fingerprint density at radius 2 is 2.00 bits per heavy atom. The van der Waals surface area contributed by atoms with E-state index in [4.69, 9.17) is 28.9 Å². The van der Waals surface area contributed by atoms with E-state index in [0.717, 1.165) is 5.56 Å². The molecule has 3 N–H and O–H groups in total. The zero-order valence-electron chi connectivity index (χ0n) is 17.0. The van der Waals surface area contributed by atoms with E-state index < -0.39 is 15.9 Å². The minimum atomic E-state index is -3.82. The average molecular weight is 495 g/mol. The Morgan fingerprint density at radius 1 is 1.22 bits per heavy atom. The molecule has 0 saturated carbocycles. The molecule has 0 bridgehead atoms. The number of hydrogen-bond acceptors (Lipinski definition) is 6. The van der Waals surface area contributed by atoms with Crippen LogP contribution in [0.5, 0.6) is 0 Å². The molecular formula is C20H20Cl2N6O3S. The third-order valence-electron chi connectivity index (χ3n) is 5.20. The fourth-order valence-electron chi connectivity index (χ4n) is 3.54. The number of nitrogen functional groups attached to an aromatic ring is 1. The molecule has 0 aliphatic carbocycles. The van der Waals surface area contributed by atoms with Gasteiger partial charge in [-0.25, -0.2) is 13.4 Å². The molecule has 1 amide bonds. The number of carbonyl (C=O) groups excluding carboxylic acids is 1. The zero-order chi connectivity index (χ0) is 23.0. The summed E-state index contributed by atoms with van der Waals surface area (Å²) < 4.78 is 28.9. The minimum absolute atomic E-state index is 0.0202. The van der Waals surface area contributed by atoms with Gasteiger partial charge in [0.05, 0.1) is 16.8 Å². The van der Waals surface area contributed by atoms with Gasteiger partial charge in [-0.1, -0.05) is 23.2 Å². The SMILES string of the molecule is Cn1cc(-c2cnc(N)c(C(=O)N[C@@H]3CCN(S(=O)(=O)c4ccc(Cl)cc4Cl)C3)c2)cn1. The standard InChI is InChI=1S/C20H20Cl2N6O3S/c1-27-10-13(9-25-27)12-6-16(19(23)24-8-12)20(29)26-15-4-5-28(11-15)32(30,31)18-3-2-14(21)7-17(18)22/h2-3,6-10,15H,4-5,11H2,1H3,(H2,23,24)(H,26,29)/t15-/m1/s1. The third-order valence-corrected chi connectivity index (χ3v) is 7.78. The first kappa shape index (κ1) is 22.5. The highest BCUT2D eigenvalue weighted by molar-refractivity contribution is 7.89. The van der Waals surface area contributed by atoms with Crippen LogP contribution < -0.4 is 11.1 Å². The molecule has 1 atom stereocenters. The van der Waals surface area contributed by atoms with Crippen molar-refractivity contribution in [2.45, 2.75) is 17.4 Å². The molecule has 32 heavy (non-hydrogen) atoms. The summed E-state index contributed by atoms with van der Waals surface area (Å²) in [5, 5.41) is 7.37. The van der Waals surface area contributed by atoms with Gasteiger partial charge >= 0.3 is 0 Å². The molecule has 0 radical (unpaired) electrons. The second-order valence-corrected chi connectivity index (χ2v) is 10.2. The lowest BCUT2D eigenvalue weighted by Crippen LogP contribution is -2.38. The number of sulfonamides is 1. The number of halogens is 2. The van der Waals surface area contributed by atoms with Crippen LogP contribution in [0, 0.1) is 0 Å². The molecule has 1 aliphatic rings. The van der Waals surface area contributed by atoms with E-state index >= 15 is 0 Å². The van der Waals surface area contributed by atoms with Crippen LogP contribution >= 0.6 is 23.2 Å². The van der Waals surface area contributed by atoms with Crippen molar-refractivity contribution in [3.8, 4) is 11.1 Å². The van der Waals surface area contributed by atoms with Crippen molar-refractivity contribution >= 4 is 45.0 Å². The summed E-state index contributed by atoms with van der Waals surface area (Å²) in [5.74, 6) is -0.333. The van der Waals surface area contributed by atoms with Crippen LogP contribution in [-0.2, 0) is 17.1 Å². The third kappa shape index (κ3) is 4.44. The smallest absolute Gasteiger partial charge is 0.255 e. The van der Waals surface area contributed by atoms with Gasteiger partial charge in [0, 0.05) is 54.7 Å². The van der Waals surface area contributed by atoms with Crippen molar-refractivity contribution in [2.75, 3.05) is 18.8 Å². The van der Waals surface area contributed by atoms with Gasteiger partial charge < -0.3 is 11.1 Å². The molecule has 4 rings (SSSR count). The van der Waals surface area contributed by atoms with Gasteiger partial charge in [-0.3, -0.25) is 9.48 Å². The highest BCUT2D eigenvalue weighted by Gasteiger charge is 2.34. The molecule has 1 saturated heterocycles. The van der Waals surface area contributed by atoms with Crippen LogP contribution in [0.1, 0.15) is 16.8 Å². The molecule has 168 valence electrons. The summed E-state index contributed by atoms with van der Waals surface area (Å²) in [6.07, 6.45) is 5.49. The Balaban J connectivity index is 1.48. The first-order chi connectivity index (χ1) is 15.1. The highest BCUT2D eigenvalue weighted by Crippen LogP contribution is 2.29. The molecule has 1 aliphatic heterocycles. The maximum absolute atomic E-state index is 13.0. The van der Waals surface area contributed by atoms with Crippen molar-refractivity contribution in [1.82, 2.24) is 24.4 Å². The Labute approximate surface area is 195 Å². The Morgan fingerprint density at radius 3 is 2.69 bits per heavy atom. The van der Waals surface area contributed by atoms with Crippen LogP contribution in [0.2, 0.25) is 10.0 Å². The van der Waals surface area contributed by atoms with E-state index in [0.29, 0.717) is 17.0 Å². The van der Waals surface area contributed by atoms with Gasteiger partial charge in [-0.15, -0.1) is 0 Å². The summed E-state index contributed by atoms with van der Waals surface area (Å²) in [4.78, 5) is 17.0. The number of aryl methyl sites for hydroxylation is 1. The number of nitrogens with zero attached hydrogens (tertiary/aromatic N) is 4. The van der Waals surface area contributed by atoms with Crippen molar-refractivity contribution in [3.05, 3.63) is 58.5 Å². The maximum atomic E-state index is 13.0. The maximum Gasteiger partial charge on any atom is 0.255 e. The van der Waals surface area contributed by atoms with Crippen LogP contribution in [-0.4, -0.2) is 52.5 Å². The van der Waals surface area contributed by atoms with E-state index in [9.17, 15) is 13.2 Å². The molecule has 1 fully saturated rings. The number of rotatable bonds is 5. The van der Waals surface area contributed by atoms with Crippen molar-refractivity contribution in [3.63, 3.8) is 0 Å². The molecule has 1 aromatic carbocycles. The molecule has 0 unspecified atom stereocenters. The largest absolute Gasteiger partial charge is 0.383 e. The number of aromatic nitrogens is 3.